The fourth-order valence-corrected chi connectivity index (χ4v) is 3.41. The molecule has 148 valence electrons. The third-order valence-electron chi connectivity index (χ3n) is 4.12. The Morgan fingerprint density at radius 3 is 2.57 bits per heavy atom. The number of benzene rings is 1. The molecule has 3 rings (SSSR count). The standard InChI is InChI=1S/C20H23N3O4S/c1-12-10-17(24)23-19(21-12)28-16(22-23)11-26-18(25)13(2)27-15-8-6-14(7-9-15)20(3,4)5/h6-10,13H,11H2,1-5H3/t13-/m1/s1. The highest BCUT2D eigenvalue weighted by Crippen LogP contribution is 2.24. The summed E-state index contributed by atoms with van der Waals surface area (Å²) in [5.74, 6) is 0.0966. The van der Waals surface area contributed by atoms with E-state index in [2.05, 4.69) is 30.9 Å². The topological polar surface area (TPSA) is 82.8 Å². The number of hydrogen-bond acceptors (Lipinski definition) is 7. The van der Waals surface area contributed by atoms with E-state index in [4.69, 9.17) is 9.47 Å². The van der Waals surface area contributed by atoms with Gasteiger partial charge < -0.3 is 9.47 Å². The maximum Gasteiger partial charge on any atom is 0.347 e. The largest absolute Gasteiger partial charge is 0.479 e. The number of nitrogens with zero attached hydrogens (tertiary/aromatic N) is 3. The lowest BCUT2D eigenvalue weighted by atomic mass is 9.87. The van der Waals surface area contributed by atoms with Crippen molar-refractivity contribution in [3.05, 3.63) is 57.0 Å². The Balaban J connectivity index is 1.60. The lowest BCUT2D eigenvalue weighted by Gasteiger charge is -2.20. The quantitative estimate of drug-likeness (QED) is 0.610. The van der Waals surface area contributed by atoms with Gasteiger partial charge in [0.05, 0.1) is 0 Å². The Morgan fingerprint density at radius 1 is 1.25 bits per heavy atom. The van der Waals surface area contributed by atoms with Crippen molar-refractivity contribution in [3.8, 4) is 5.75 Å². The van der Waals surface area contributed by atoms with Gasteiger partial charge in [0.2, 0.25) is 4.96 Å². The van der Waals surface area contributed by atoms with Crippen molar-refractivity contribution >= 4 is 22.3 Å². The summed E-state index contributed by atoms with van der Waals surface area (Å²) < 4.78 is 12.2. The van der Waals surface area contributed by atoms with Crippen LogP contribution in [0.1, 0.15) is 44.0 Å². The average Bonchev–Trinajstić information content (AvgIpc) is 3.02. The van der Waals surface area contributed by atoms with Crippen LogP contribution in [-0.2, 0) is 21.6 Å². The summed E-state index contributed by atoms with van der Waals surface area (Å²) in [5, 5.41) is 4.63. The number of carbonyl (C=O) groups is 1. The van der Waals surface area contributed by atoms with Gasteiger partial charge in [0.15, 0.2) is 11.1 Å². The number of carbonyl (C=O) groups excluding carboxylic acids is 1. The maximum absolute atomic E-state index is 12.2. The molecule has 1 atom stereocenters. The van der Waals surface area contributed by atoms with Crippen molar-refractivity contribution < 1.29 is 14.3 Å². The summed E-state index contributed by atoms with van der Waals surface area (Å²) in [6, 6.07) is 9.07. The maximum atomic E-state index is 12.2. The van der Waals surface area contributed by atoms with Gasteiger partial charge in [0.25, 0.3) is 5.56 Å². The van der Waals surface area contributed by atoms with Crippen LogP contribution < -0.4 is 10.3 Å². The minimum atomic E-state index is -0.766. The molecule has 2 heterocycles. The van der Waals surface area contributed by atoms with Crippen LogP contribution in [0.2, 0.25) is 0 Å². The highest BCUT2D eigenvalue weighted by molar-refractivity contribution is 7.16. The number of aryl methyl sites for hydroxylation is 1. The van der Waals surface area contributed by atoms with Crippen molar-refractivity contribution in [2.75, 3.05) is 0 Å². The molecular weight excluding hydrogens is 378 g/mol. The first-order valence-corrected chi connectivity index (χ1v) is 9.75. The molecule has 28 heavy (non-hydrogen) atoms. The number of ether oxygens (including phenoxy) is 2. The predicted octanol–water partition coefficient (Wildman–Crippen LogP) is 3.27. The van der Waals surface area contributed by atoms with Crippen molar-refractivity contribution in [1.82, 2.24) is 14.6 Å². The average molecular weight is 401 g/mol. The summed E-state index contributed by atoms with van der Waals surface area (Å²) in [6.07, 6.45) is -0.766. The highest BCUT2D eigenvalue weighted by Gasteiger charge is 2.19. The zero-order valence-electron chi connectivity index (χ0n) is 16.6. The van der Waals surface area contributed by atoms with Crippen molar-refractivity contribution in [2.24, 2.45) is 0 Å². The Labute approximate surface area is 166 Å². The van der Waals surface area contributed by atoms with E-state index < -0.39 is 12.1 Å². The van der Waals surface area contributed by atoms with E-state index in [1.165, 1.54) is 27.5 Å². The van der Waals surface area contributed by atoms with Gasteiger partial charge in [-0.3, -0.25) is 4.79 Å². The van der Waals surface area contributed by atoms with E-state index in [0.717, 1.165) is 0 Å². The van der Waals surface area contributed by atoms with Crippen molar-refractivity contribution in [1.29, 1.82) is 0 Å². The first-order valence-electron chi connectivity index (χ1n) is 8.94. The number of hydrogen-bond donors (Lipinski definition) is 0. The summed E-state index contributed by atoms with van der Waals surface area (Å²) in [5.41, 5.74) is 1.60. The molecule has 0 aliphatic rings. The molecule has 0 unspecified atom stereocenters. The van der Waals surface area contributed by atoms with Crippen molar-refractivity contribution in [3.63, 3.8) is 0 Å². The van der Waals surface area contributed by atoms with E-state index >= 15 is 0 Å². The SMILES string of the molecule is Cc1cc(=O)n2nc(COC(=O)[C@@H](C)Oc3ccc(C(C)(C)C)cc3)sc2n1. The number of fused-ring (bicyclic) bond motifs is 1. The Morgan fingerprint density at radius 2 is 1.93 bits per heavy atom. The third-order valence-corrected chi connectivity index (χ3v) is 5.00. The predicted molar refractivity (Wildman–Crippen MR) is 107 cm³/mol. The van der Waals surface area contributed by atoms with Crippen LogP contribution in [0.4, 0.5) is 0 Å². The molecule has 0 amide bonds. The van der Waals surface area contributed by atoms with Gasteiger partial charge >= 0.3 is 5.97 Å². The van der Waals surface area contributed by atoms with Crippen LogP contribution in [0.15, 0.2) is 35.1 Å². The Kier molecular flexibility index (Phi) is 5.51. The summed E-state index contributed by atoms with van der Waals surface area (Å²) >= 11 is 1.21. The summed E-state index contributed by atoms with van der Waals surface area (Å²) in [4.78, 5) is 28.8. The zero-order valence-corrected chi connectivity index (χ0v) is 17.4. The minimum Gasteiger partial charge on any atom is -0.479 e. The lowest BCUT2D eigenvalue weighted by Crippen LogP contribution is -2.26. The first kappa shape index (κ1) is 20.0. The van der Waals surface area contributed by atoms with Crippen LogP contribution in [0.5, 0.6) is 5.75 Å². The molecule has 3 aromatic rings. The summed E-state index contributed by atoms with van der Waals surface area (Å²) in [6.45, 7) is 9.74. The monoisotopic (exact) mass is 401 g/mol. The number of aromatic nitrogens is 3. The van der Waals surface area contributed by atoms with Gasteiger partial charge in [-0.1, -0.05) is 44.2 Å². The van der Waals surface area contributed by atoms with Crippen molar-refractivity contribution in [2.45, 2.75) is 52.7 Å². The second-order valence-electron chi connectivity index (χ2n) is 7.57. The molecule has 2 aromatic heterocycles. The van der Waals surface area contributed by atoms with E-state index in [1.807, 2.05) is 24.3 Å². The van der Waals surface area contributed by atoms with E-state index in [-0.39, 0.29) is 17.6 Å². The van der Waals surface area contributed by atoms with Crippen LogP contribution in [0.3, 0.4) is 0 Å². The Hall–Kier alpha value is -2.74. The molecule has 0 spiro atoms. The molecule has 0 bridgehead atoms. The van der Waals surface area contributed by atoms with Gasteiger partial charge in [-0.25, -0.2) is 9.78 Å². The minimum absolute atomic E-state index is 0.0397. The smallest absolute Gasteiger partial charge is 0.347 e. The molecule has 0 saturated heterocycles. The molecular formula is C20H23N3O4S. The molecule has 1 aromatic carbocycles. The second-order valence-corrected chi connectivity index (χ2v) is 8.61. The van der Waals surface area contributed by atoms with Gasteiger partial charge in [-0.05, 0) is 37.0 Å². The molecule has 7 nitrogen and oxygen atoms in total. The molecule has 0 saturated carbocycles. The number of rotatable bonds is 5. The first-order chi connectivity index (χ1) is 13.1. The van der Waals surface area contributed by atoms with Gasteiger partial charge in [0, 0.05) is 11.8 Å². The molecule has 8 heteroatoms. The molecule has 0 fully saturated rings. The zero-order chi connectivity index (χ0) is 20.5. The van der Waals surface area contributed by atoms with Gasteiger partial charge in [0.1, 0.15) is 12.4 Å². The van der Waals surface area contributed by atoms with Crippen LogP contribution in [0.25, 0.3) is 4.96 Å². The fourth-order valence-electron chi connectivity index (χ4n) is 2.55. The van der Waals surface area contributed by atoms with Crippen LogP contribution in [0, 0.1) is 6.92 Å². The second kappa shape index (κ2) is 7.71. The fraction of sp³-hybridized carbons (Fsp3) is 0.400. The highest BCUT2D eigenvalue weighted by atomic mass is 32.1. The molecule has 0 aliphatic carbocycles. The van der Waals surface area contributed by atoms with Crippen LogP contribution in [-0.4, -0.2) is 26.7 Å². The molecule has 0 aliphatic heterocycles. The normalized spacial score (nSPS) is 12.8. The third kappa shape index (κ3) is 4.56. The Bertz CT molecular complexity index is 1050. The van der Waals surface area contributed by atoms with Gasteiger partial charge in [-0.15, -0.1) is 0 Å². The number of esters is 1. The molecule has 0 radical (unpaired) electrons. The molecule has 0 N–H and O–H groups in total. The van der Waals surface area contributed by atoms with E-state index in [1.54, 1.807) is 13.8 Å². The van der Waals surface area contributed by atoms with E-state index in [9.17, 15) is 9.59 Å². The lowest BCUT2D eigenvalue weighted by molar-refractivity contribution is -0.152. The van der Waals surface area contributed by atoms with Crippen LogP contribution >= 0.6 is 11.3 Å². The summed E-state index contributed by atoms with van der Waals surface area (Å²) in [7, 11) is 0. The van der Waals surface area contributed by atoms with E-state index in [0.29, 0.717) is 21.4 Å². The van der Waals surface area contributed by atoms with Gasteiger partial charge in [-0.2, -0.15) is 9.61 Å².